The standard InChI is InChI=1S/C27H30ClN5O2/c1-27(2,26(34)35-3)19-5-8-21(9-6-19)32-12-14-33(15-13-32)24-11-4-18(17-29-24)25-30-22-10-7-20(28)16-23(22)31-25/h4-6,8-11,16-17,20H,7,12-15H2,1-3H3,(H,30,31). The highest BCUT2D eigenvalue weighted by molar-refractivity contribution is 6.24. The first-order chi connectivity index (χ1) is 16.8. The van der Waals surface area contributed by atoms with Crippen LogP contribution in [0.2, 0.25) is 0 Å². The molecule has 0 spiro atoms. The fourth-order valence-electron chi connectivity index (χ4n) is 4.66. The third kappa shape index (κ3) is 4.65. The smallest absolute Gasteiger partial charge is 0.315 e. The predicted molar refractivity (Wildman–Crippen MR) is 140 cm³/mol. The summed E-state index contributed by atoms with van der Waals surface area (Å²) >= 11 is 6.22. The molecule has 3 heterocycles. The van der Waals surface area contributed by atoms with Gasteiger partial charge in [-0.25, -0.2) is 9.97 Å². The number of nitrogens with zero attached hydrogens (tertiary/aromatic N) is 4. The molecular formula is C27H30ClN5O2. The van der Waals surface area contributed by atoms with E-state index in [9.17, 15) is 4.79 Å². The lowest BCUT2D eigenvalue weighted by molar-refractivity contribution is -0.146. The molecule has 3 aromatic rings. The fourth-order valence-corrected chi connectivity index (χ4v) is 4.88. The van der Waals surface area contributed by atoms with Gasteiger partial charge in [0.05, 0.1) is 28.6 Å². The number of piperazine rings is 1. The van der Waals surface area contributed by atoms with Gasteiger partial charge in [-0.15, -0.1) is 11.6 Å². The summed E-state index contributed by atoms with van der Waals surface area (Å²) in [6.45, 7) is 7.35. The molecule has 1 aliphatic heterocycles. The number of rotatable bonds is 5. The van der Waals surface area contributed by atoms with E-state index in [4.69, 9.17) is 21.3 Å². The molecule has 1 atom stereocenters. The van der Waals surface area contributed by atoms with Crippen molar-refractivity contribution >= 4 is 41.2 Å². The molecule has 8 heteroatoms. The lowest BCUT2D eigenvalue weighted by Gasteiger charge is -2.37. The van der Waals surface area contributed by atoms with Crippen molar-refractivity contribution in [3.63, 3.8) is 0 Å². The van der Waals surface area contributed by atoms with Gasteiger partial charge in [-0.3, -0.25) is 4.79 Å². The van der Waals surface area contributed by atoms with E-state index in [1.165, 1.54) is 7.11 Å². The van der Waals surface area contributed by atoms with Crippen molar-refractivity contribution < 1.29 is 9.53 Å². The van der Waals surface area contributed by atoms with Crippen molar-refractivity contribution in [2.24, 2.45) is 0 Å². The maximum Gasteiger partial charge on any atom is 0.315 e. The van der Waals surface area contributed by atoms with Gasteiger partial charge >= 0.3 is 5.97 Å². The topological polar surface area (TPSA) is 74.3 Å². The summed E-state index contributed by atoms with van der Waals surface area (Å²) < 4.78 is 4.95. The number of hydrogen-bond acceptors (Lipinski definition) is 6. The van der Waals surface area contributed by atoms with Gasteiger partial charge in [-0.05, 0) is 56.2 Å². The summed E-state index contributed by atoms with van der Waals surface area (Å²) in [6.07, 6.45) is 6.77. The van der Waals surface area contributed by atoms with E-state index in [2.05, 4.69) is 50.1 Å². The van der Waals surface area contributed by atoms with Crippen LogP contribution in [0, 0.1) is 0 Å². The number of aromatic amines is 1. The first kappa shape index (κ1) is 23.4. The van der Waals surface area contributed by atoms with E-state index in [0.717, 1.165) is 71.8 Å². The highest BCUT2D eigenvalue weighted by Crippen LogP contribution is 2.28. The number of fused-ring (bicyclic) bond motifs is 1. The van der Waals surface area contributed by atoms with E-state index in [0.29, 0.717) is 0 Å². The Bertz CT molecular complexity index is 1320. The highest BCUT2D eigenvalue weighted by Gasteiger charge is 2.31. The number of carbonyl (C=O) groups is 1. The van der Waals surface area contributed by atoms with Crippen molar-refractivity contribution in [3.8, 4) is 11.4 Å². The number of imidazole rings is 1. The minimum Gasteiger partial charge on any atom is -0.468 e. The van der Waals surface area contributed by atoms with Crippen molar-refractivity contribution in [3.05, 3.63) is 58.9 Å². The summed E-state index contributed by atoms with van der Waals surface area (Å²) in [4.78, 5) is 29.5. The molecule has 2 aliphatic rings. The average molecular weight is 492 g/mol. The fraction of sp³-hybridized carbons (Fsp3) is 0.370. The van der Waals surface area contributed by atoms with Gasteiger partial charge in [0.1, 0.15) is 11.6 Å². The van der Waals surface area contributed by atoms with Crippen molar-refractivity contribution in [1.82, 2.24) is 15.0 Å². The number of hydrogen-bond donors (Lipinski definition) is 1. The normalized spacial score (nSPS) is 17.9. The Labute approximate surface area is 210 Å². The van der Waals surface area contributed by atoms with Crippen molar-refractivity contribution in [2.75, 3.05) is 43.1 Å². The van der Waals surface area contributed by atoms with Gasteiger partial charge < -0.3 is 19.5 Å². The molecule has 1 fully saturated rings. The number of benzene rings is 1. The average Bonchev–Trinajstić information content (AvgIpc) is 3.31. The van der Waals surface area contributed by atoms with Crippen LogP contribution in [0.1, 0.15) is 25.8 Å². The second-order valence-corrected chi connectivity index (χ2v) is 10.1. The summed E-state index contributed by atoms with van der Waals surface area (Å²) in [6, 6.07) is 12.4. The van der Waals surface area contributed by atoms with E-state index in [1.54, 1.807) is 0 Å². The Morgan fingerprint density at radius 2 is 1.80 bits per heavy atom. The second-order valence-electron chi connectivity index (χ2n) is 9.55. The van der Waals surface area contributed by atoms with Gasteiger partial charge in [0, 0.05) is 43.6 Å². The molecule has 0 saturated carbocycles. The van der Waals surface area contributed by atoms with Gasteiger partial charge in [-0.2, -0.15) is 0 Å². The molecule has 1 N–H and O–H groups in total. The summed E-state index contributed by atoms with van der Waals surface area (Å²) in [5.41, 5.74) is 2.41. The molecule has 2 aromatic heterocycles. The number of pyridine rings is 1. The first-order valence-electron chi connectivity index (χ1n) is 11.9. The zero-order chi connectivity index (χ0) is 24.6. The van der Waals surface area contributed by atoms with E-state index in [1.807, 2.05) is 38.3 Å². The lowest BCUT2D eigenvalue weighted by Crippen LogP contribution is -2.46. The molecule has 0 amide bonds. The Morgan fingerprint density at radius 1 is 1.09 bits per heavy atom. The van der Waals surface area contributed by atoms with Gasteiger partial charge in [0.25, 0.3) is 0 Å². The number of methoxy groups -OCH3 is 1. The number of H-pyrrole nitrogens is 1. The Balaban J connectivity index is 1.22. The minimum atomic E-state index is -0.665. The van der Waals surface area contributed by atoms with Crippen molar-refractivity contribution in [2.45, 2.75) is 31.1 Å². The van der Waals surface area contributed by atoms with Gasteiger partial charge in [0.2, 0.25) is 0 Å². The van der Waals surface area contributed by atoms with E-state index < -0.39 is 5.41 Å². The summed E-state index contributed by atoms with van der Waals surface area (Å²) in [5.74, 6) is 1.55. The number of aromatic nitrogens is 3. The molecule has 1 aliphatic carbocycles. The second kappa shape index (κ2) is 9.38. The lowest BCUT2D eigenvalue weighted by atomic mass is 9.84. The molecule has 0 radical (unpaired) electrons. The van der Waals surface area contributed by atoms with E-state index in [-0.39, 0.29) is 11.3 Å². The minimum absolute atomic E-state index is 0.0135. The van der Waals surface area contributed by atoms with Crippen LogP contribution in [0.4, 0.5) is 11.5 Å². The van der Waals surface area contributed by atoms with Crippen LogP contribution in [0.5, 0.6) is 0 Å². The van der Waals surface area contributed by atoms with Crippen LogP contribution in [0.25, 0.3) is 23.5 Å². The Hall–Kier alpha value is -3.32. The number of ether oxygens (including phenoxy) is 1. The maximum atomic E-state index is 12.1. The van der Waals surface area contributed by atoms with Gasteiger partial charge in [0.15, 0.2) is 0 Å². The number of halogens is 1. The summed E-state index contributed by atoms with van der Waals surface area (Å²) in [5, 5.41) is 1.95. The highest BCUT2D eigenvalue weighted by atomic mass is 35.5. The van der Waals surface area contributed by atoms with Crippen LogP contribution < -0.4 is 20.5 Å². The molecule has 35 heavy (non-hydrogen) atoms. The summed E-state index contributed by atoms with van der Waals surface area (Å²) in [7, 11) is 1.43. The number of carbonyl (C=O) groups excluding carboxylic acids is 1. The molecular weight excluding hydrogens is 462 g/mol. The molecule has 1 saturated heterocycles. The molecule has 7 nitrogen and oxygen atoms in total. The zero-order valence-corrected chi connectivity index (χ0v) is 21.0. The van der Waals surface area contributed by atoms with Crippen LogP contribution >= 0.6 is 11.6 Å². The van der Waals surface area contributed by atoms with Crippen LogP contribution in [0.3, 0.4) is 0 Å². The van der Waals surface area contributed by atoms with Crippen LogP contribution in [-0.4, -0.2) is 59.6 Å². The molecule has 1 aromatic carbocycles. The SMILES string of the molecule is COC(=O)C(C)(C)c1ccc(N2CCN(c3ccc(-c4nc5c([nH]4)=CC(Cl)CC=5)cn3)CC2)cc1. The number of anilines is 2. The third-order valence-corrected chi connectivity index (χ3v) is 7.22. The predicted octanol–water partition coefficient (Wildman–Crippen LogP) is 2.82. The zero-order valence-electron chi connectivity index (χ0n) is 20.3. The largest absolute Gasteiger partial charge is 0.468 e. The van der Waals surface area contributed by atoms with Gasteiger partial charge in [-0.1, -0.05) is 18.2 Å². The quantitative estimate of drug-likeness (QED) is 0.437. The Morgan fingerprint density at radius 3 is 2.46 bits per heavy atom. The molecule has 5 rings (SSSR count). The Kier molecular flexibility index (Phi) is 6.28. The molecule has 1 unspecified atom stereocenters. The number of alkyl halides is 1. The first-order valence-corrected chi connectivity index (χ1v) is 12.4. The van der Waals surface area contributed by atoms with Crippen molar-refractivity contribution in [1.29, 1.82) is 0 Å². The number of esters is 1. The monoisotopic (exact) mass is 491 g/mol. The molecule has 0 bridgehead atoms. The maximum absolute atomic E-state index is 12.1. The van der Waals surface area contributed by atoms with Crippen LogP contribution in [0.15, 0.2) is 42.6 Å². The third-order valence-electron chi connectivity index (χ3n) is 6.92. The number of nitrogens with one attached hydrogen (secondary N) is 1. The molecule has 182 valence electrons. The van der Waals surface area contributed by atoms with E-state index >= 15 is 0 Å². The van der Waals surface area contributed by atoms with Crippen LogP contribution in [-0.2, 0) is 14.9 Å².